The predicted octanol–water partition coefficient (Wildman–Crippen LogP) is 1.20. The van der Waals surface area contributed by atoms with Crippen molar-refractivity contribution >= 4 is 23.5 Å². The van der Waals surface area contributed by atoms with Crippen molar-refractivity contribution in [1.82, 2.24) is 4.90 Å². The van der Waals surface area contributed by atoms with Crippen LogP contribution in [0.5, 0.6) is 5.75 Å². The molecule has 0 unspecified atom stereocenters. The number of carboxylic acid groups (broad SMARTS) is 1. The number of carboxylic acids is 1. The van der Waals surface area contributed by atoms with Gasteiger partial charge >= 0.3 is 5.97 Å². The minimum absolute atomic E-state index is 0.0481. The summed E-state index contributed by atoms with van der Waals surface area (Å²) in [6, 6.07) is 4.09. The Balaban J connectivity index is 2.11. The van der Waals surface area contributed by atoms with Gasteiger partial charge < -0.3 is 15.1 Å². The molecule has 0 bridgehead atoms. The summed E-state index contributed by atoms with van der Waals surface area (Å²) in [5.74, 6) is -1.82. The fraction of sp³-hybridized carbons (Fsp3) is 0.273. The first-order chi connectivity index (χ1) is 7.99. The summed E-state index contributed by atoms with van der Waals surface area (Å²) in [5.41, 5.74) is 0.190. The summed E-state index contributed by atoms with van der Waals surface area (Å²) in [7, 11) is 0. The Morgan fingerprint density at radius 3 is 2.59 bits per heavy atom. The van der Waals surface area contributed by atoms with Crippen LogP contribution in [0.1, 0.15) is 10.4 Å². The second kappa shape index (κ2) is 4.25. The van der Waals surface area contributed by atoms with Crippen LogP contribution in [0, 0.1) is 5.92 Å². The largest absolute Gasteiger partial charge is 0.508 e. The molecule has 0 aromatic heterocycles. The topological polar surface area (TPSA) is 77.8 Å². The van der Waals surface area contributed by atoms with Gasteiger partial charge in [-0.1, -0.05) is 11.6 Å². The molecular formula is C11H10ClNO4. The van der Waals surface area contributed by atoms with Gasteiger partial charge in [0.15, 0.2) is 0 Å². The molecule has 0 saturated carbocycles. The molecule has 0 radical (unpaired) electrons. The molecule has 1 aromatic carbocycles. The highest BCUT2D eigenvalue weighted by Gasteiger charge is 2.36. The van der Waals surface area contributed by atoms with Crippen LogP contribution in [0.15, 0.2) is 18.2 Å². The van der Waals surface area contributed by atoms with E-state index >= 15 is 0 Å². The van der Waals surface area contributed by atoms with E-state index in [1.807, 2.05) is 0 Å². The molecule has 2 N–H and O–H groups in total. The molecule has 5 nitrogen and oxygen atoms in total. The number of phenols is 1. The number of likely N-dealkylation sites (tertiary alicyclic amines) is 1. The lowest BCUT2D eigenvalue weighted by molar-refractivity contribution is -0.146. The van der Waals surface area contributed by atoms with Gasteiger partial charge in [-0.15, -0.1) is 0 Å². The number of aliphatic carboxylic acids is 1. The van der Waals surface area contributed by atoms with Gasteiger partial charge in [0.25, 0.3) is 5.91 Å². The molecule has 1 fully saturated rings. The fourth-order valence-electron chi connectivity index (χ4n) is 1.65. The van der Waals surface area contributed by atoms with Gasteiger partial charge in [-0.05, 0) is 18.2 Å². The van der Waals surface area contributed by atoms with Crippen molar-refractivity contribution in [2.75, 3.05) is 13.1 Å². The molecule has 6 heteroatoms. The van der Waals surface area contributed by atoms with Crippen LogP contribution in [-0.2, 0) is 4.79 Å². The maximum Gasteiger partial charge on any atom is 0.310 e. The Labute approximate surface area is 102 Å². The monoisotopic (exact) mass is 255 g/mol. The Kier molecular flexibility index (Phi) is 2.93. The van der Waals surface area contributed by atoms with Gasteiger partial charge in [-0.2, -0.15) is 0 Å². The molecule has 1 aliphatic rings. The molecule has 2 rings (SSSR count). The van der Waals surface area contributed by atoms with Crippen LogP contribution in [0.3, 0.4) is 0 Å². The highest BCUT2D eigenvalue weighted by molar-refractivity contribution is 6.33. The lowest BCUT2D eigenvalue weighted by Gasteiger charge is -2.36. The van der Waals surface area contributed by atoms with Crippen molar-refractivity contribution in [2.45, 2.75) is 0 Å². The van der Waals surface area contributed by atoms with Crippen LogP contribution in [0.25, 0.3) is 0 Å². The molecule has 0 aliphatic carbocycles. The van der Waals surface area contributed by atoms with Gasteiger partial charge in [-0.3, -0.25) is 9.59 Å². The van der Waals surface area contributed by atoms with E-state index in [0.717, 1.165) is 0 Å². The minimum atomic E-state index is -0.906. The maximum absolute atomic E-state index is 11.9. The van der Waals surface area contributed by atoms with Gasteiger partial charge in [0.1, 0.15) is 5.75 Å². The summed E-state index contributed by atoms with van der Waals surface area (Å²) < 4.78 is 0. The number of rotatable bonds is 2. The summed E-state index contributed by atoms with van der Waals surface area (Å²) in [5, 5.41) is 18.2. The second-order valence-corrected chi connectivity index (χ2v) is 4.32. The van der Waals surface area contributed by atoms with E-state index in [9.17, 15) is 14.7 Å². The van der Waals surface area contributed by atoms with Crippen molar-refractivity contribution < 1.29 is 19.8 Å². The van der Waals surface area contributed by atoms with Crippen molar-refractivity contribution in [3.8, 4) is 5.75 Å². The number of carbonyl (C=O) groups is 2. The predicted molar refractivity (Wildman–Crippen MR) is 60.1 cm³/mol. The van der Waals surface area contributed by atoms with Crippen LogP contribution in [0.4, 0.5) is 0 Å². The first kappa shape index (κ1) is 11.7. The average Bonchev–Trinajstić information content (AvgIpc) is 2.18. The summed E-state index contributed by atoms with van der Waals surface area (Å²) >= 11 is 5.84. The highest BCUT2D eigenvalue weighted by atomic mass is 35.5. The molecule has 1 heterocycles. The molecular weight excluding hydrogens is 246 g/mol. The molecule has 1 aliphatic heterocycles. The fourth-order valence-corrected chi connectivity index (χ4v) is 1.85. The Hall–Kier alpha value is -1.75. The lowest BCUT2D eigenvalue weighted by Crippen LogP contribution is -2.53. The molecule has 90 valence electrons. The number of benzene rings is 1. The third kappa shape index (κ3) is 2.19. The van der Waals surface area contributed by atoms with E-state index < -0.39 is 11.9 Å². The van der Waals surface area contributed by atoms with Gasteiger partial charge in [0.2, 0.25) is 0 Å². The molecule has 17 heavy (non-hydrogen) atoms. The lowest BCUT2D eigenvalue weighted by atomic mass is 9.99. The van der Waals surface area contributed by atoms with Gasteiger partial charge in [-0.25, -0.2) is 0 Å². The zero-order valence-corrected chi connectivity index (χ0v) is 9.52. The van der Waals surface area contributed by atoms with Crippen molar-refractivity contribution in [3.63, 3.8) is 0 Å². The van der Waals surface area contributed by atoms with Crippen molar-refractivity contribution in [2.24, 2.45) is 5.92 Å². The van der Waals surface area contributed by atoms with E-state index in [1.165, 1.54) is 23.1 Å². The van der Waals surface area contributed by atoms with Gasteiger partial charge in [0, 0.05) is 13.1 Å². The summed E-state index contributed by atoms with van der Waals surface area (Å²) in [4.78, 5) is 23.9. The quantitative estimate of drug-likeness (QED) is 0.832. The second-order valence-electron chi connectivity index (χ2n) is 3.91. The SMILES string of the molecule is O=C(O)C1CN(C(=O)c2cc(O)ccc2Cl)C1. The van der Waals surface area contributed by atoms with Crippen molar-refractivity contribution in [1.29, 1.82) is 0 Å². The van der Waals surface area contributed by atoms with E-state index in [2.05, 4.69) is 0 Å². The maximum atomic E-state index is 11.9. The number of halogens is 1. The number of hydrogen-bond acceptors (Lipinski definition) is 3. The van der Waals surface area contributed by atoms with Crippen molar-refractivity contribution in [3.05, 3.63) is 28.8 Å². The summed E-state index contributed by atoms with van der Waals surface area (Å²) in [6.45, 7) is 0.361. The van der Waals surface area contributed by atoms with E-state index in [4.69, 9.17) is 16.7 Å². The Bertz CT molecular complexity index is 482. The minimum Gasteiger partial charge on any atom is -0.508 e. The molecule has 1 saturated heterocycles. The van der Waals surface area contributed by atoms with Crippen LogP contribution in [-0.4, -0.2) is 40.1 Å². The Morgan fingerprint density at radius 2 is 2.00 bits per heavy atom. The first-order valence-electron chi connectivity index (χ1n) is 4.99. The molecule has 0 atom stereocenters. The number of nitrogens with zero attached hydrogens (tertiary/aromatic N) is 1. The number of carbonyl (C=O) groups excluding carboxylic acids is 1. The smallest absolute Gasteiger partial charge is 0.310 e. The average molecular weight is 256 g/mol. The number of amides is 1. The number of aromatic hydroxyl groups is 1. The standard InChI is InChI=1S/C11H10ClNO4/c12-9-2-1-7(14)3-8(9)10(15)13-4-6(5-13)11(16)17/h1-3,6,14H,4-5H2,(H,16,17). The zero-order valence-electron chi connectivity index (χ0n) is 8.76. The third-order valence-corrected chi connectivity index (χ3v) is 3.03. The molecule has 1 amide bonds. The van der Waals surface area contributed by atoms with Crippen LogP contribution in [0.2, 0.25) is 5.02 Å². The number of hydrogen-bond donors (Lipinski definition) is 2. The normalized spacial score (nSPS) is 15.5. The highest BCUT2D eigenvalue weighted by Crippen LogP contribution is 2.25. The number of phenolic OH excluding ortho intramolecular Hbond substituents is 1. The molecule has 0 spiro atoms. The van der Waals surface area contributed by atoms with Crippen LogP contribution >= 0.6 is 11.6 Å². The third-order valence-electron chi connectivity index (χ3n) is 2.70. The van der Waals surface area contributed by atoms with E-state index in [0.29, 0.717) is 0 Å². The van der Waals surface area contributed by atoms with E-state index in [-0.39, 0.29) is 35.3 Å². The van der Waals surface area contributed by atoms with E-state index in [1.54, 1.807) is 0 Å². The van der Waals surface area contributed by atoms with Crippen LogP contribution < -0.4 is 0 Å². The summed E-state index contributed by atoms with van der Waals surface area (Å²) in [6.07, 6.45) is 0. The first-order valence-corrected chi connectivity index (χ1v) is 5.37. The molecule has 1 aromatic rings. The Morgan fingerprint density at radius 1 is 1.35 bits per heavy atom. The van der Waals surface area contributed by atoms with Gasteiger partial charge in [0.05, 0.1) is 16.5 Å². The zero-order chi connectivity index (χ0) is 12.6.